The second-order valence-corrected chi connectivity index (χ2v) is 9.42. The van der Waals surface area contributed by atoms with Crippen LogP contribution in [0.5, 0.6) is 5.75 Å². The van der Waals surface area contributed by atoms with Gasteiger partial charge in [0.1, 0.15) is 29.8 Å². The van der Waals surface area contributed by atoms with E-state index in [-0.39, 0.29) is 22.1 Å². The first-order chi connectivity index (χ1) is 19.9. The summed E-state index contributed by atoms with van der Waals surface area (Å²) in [7, 11) is 0. The van der Waals surface area contributed by atoms with E-state index in [1.165, 1.54) is 25.1 Å². The first-order valence-electron chi connectivity index (χ1n) is 12.9. The lowest BCUT2D eigenvalue weighted by atomic mass is 9.98. The Balaban J connectivity index is 1.73. The van der Waals surface area contributed by atoms with E-state index in [0.29, 0.717) is 17.0 Å². The van der Waals surface area contributed by atoms with E-state index in [2.05, 4.69) is 4.98 Å². The Morgan fingerprint density at radius 2 is 1.52 bits per heavy atom. The van der Waals surface area contributed by atoms with Crippen molar-refractivity contribution in [3.63, 3.8) is 0 Å². The number of ether oxygens (including phenoxy) is 6. The van der Waals surface area contributed by atoms with Crippen molar-refractivity contribution in [2.24, 2.45) is 0 Å². The number of nitrogens with zero attached hydrogens (tertiary/aromatic N) is 1. The highest BCUT2D eigenvalue weighted by Crippen LogP contribution is 2.32. The zero-order valence-electron chi connectivity index (χ0n) is 23.5. The standard InChI is InChI=1S/C29H29NO12/c1-14-24(21-8-6-7-11-30-21)25(35)20-10-9-19(12-22(20)37-14)41-29-28(40-18(5)34)27(39-17(4)33)26(38-16(3)32)23(42-29)13-36-15(2)31/h6-12,23,26-29H,13H2,1-5H3/t23-,26+,27+,28+,29+/m0/s1. The van der Waals surface area contributed by atoms with Crippen molar-refractivity contribution in [1.29, 1.82) is 0 Å². The fraction of sp³-hybridized carbons (Fsp3) is 0.379. The summed E-state index contributed by atoms with van der Waals surface area (Å²) < 4.78 is 39.2. The van der Waals surface area contributed by atoms with Crippen molar-refractivity contribution in [1.82, 2.24) is 4.98 Å². The molecule has 1 aliphatic rings. The van der Waals surface area contributed by atoms with Gasteiger partial charge in [0.2, 0.25) is 17.8 Å². The predicted molar refractivity (Wildman–Crippen MR) is 143 cm³/mol. The van der Waals surface area contributed by atoms with Gasteiger partial charge in [0, 0.05) is 40.0 Å². The minimum Gasteiger partial charge on any atom is -0.463 e. The van der Waals surface area contributed by atoms with Crippen molar-refractivity contribution in [3.8, 4) is 17.0 Å². The van der Waals surface area contributed by atoms with E-state index < -0.39 is 61.2 Å². The van der Waals surface area contributed by atoms with Crippen molar-refractivity contribution in [3.05, 3.63) is 58.6 Å². The second-order valence-electron chi connectivity index (χ2n) is 9.42. The van der Waals surface area contributed by atoms with Crippen LogP contribution in [0, 0.1) is 6.92 Å². The van der Waals surface area contributed by atoms with Crippen LogP contribution in [-0.2, 0) is 42.9 Å². The van der Waals surface area contributed by atoms with Gasteiger partial charge in [-0.1, -0.05) is 6.07 Å². The Bertz CT molecular complexity index is 1550. The molecule has 3 aromatic rings. The number of fused-ring (bicyclic) bond motifs is 1. The van der Waals surface area contributed by atoms with Crippen LogP contribution in [0.3, 0.4) is 0 Å². The molecule has 1 aromatic carbocycles. The molecule has 13 heteroatoms. The maximum absolute atomic E-state index is 13.3. The number of carbonyl (C=O) groups excluding carboxylic acids is 4. The minimum absolute atomic E-state index is 0.136. The molecule has 5 atom stereocenters. The first kappa shape index (κ1) is 30.2. The number of pyridine rings is 1. The molecule has 222 valence electrons. The number of hydrogen-bond donors (Lipinski definition) is 0. The molecule has 13 nitrogen and oxygen atoms in total. The van der Waals surface area contributed by atoms with E-state index in [1.807, 2.05) is 0 Å². The van der Waals surface area contributed by atoms with Crippen LogP contribution in [0.2, 0.25) is 0 Å². The monoisotopic (exact) mass is 583 g/mol. The number of aryl methyl sites for hydroxylation is 1. The Morgan fingerprint density at radius 3 is 2.14 bits per heavy atom. The summed E-state index contributed by atoms with van der Waals surface area (Å²) in [5.41, 5.74) is 0.673. The maximum atomic E-state index is 13.3. The topological polar surface area (TPSA) is 167 Å². The molecule has 4 rings (SSSR count). The summed E-state index contributed by atoms with van der Waals surface area (Å²) in [5.74, 6) is -2.47. The van der Waals surface area contributed by atoms with Crippen molar-refractivity contribution < 1.29 is 52.0 Å². The summed E-state index contributed by atoms with van der Waals surface area (Å²) in [6.07, 6.45) is -5.18. The van der Waals surface area contributed by atoms with Gasteiger partial charge in [-0.05, 0) is 31.2 Å². The first-order valence-corrected chi connectivity index (χ1v) is 12.9. The normalized spacial score (nSPS) is 21.7. The predicted octanol–water partition coefficient (Wildman–Crippen LogP) is 2.63. The highest BCUT2D eigenvalue weighted by Gasteiger charge is 2.53. The third kappa shape index (κ3) is 6.92. The van der Waals surface area contributed by atoms with Crippen molar-refractivity contribution in [2.45, 2.75) is 65.3 Å². The highest BCUT2D eigenvalue weighted by atomic mass is 16.7. The van der Waals surface area contributed by atoms with Gasteiger partial charge in [0.15, 0.2) is 12.2 Å². The Labute approximate surface area is 239 Å². The van der Waals surface area contributed by atoms with Gasteiger partial charge in [-0.2, -0.15) is 0 Å². The number of rotatable bonds is 8. The van der Waals surface area contributed by atoms with E-state index in [9.17, 15) is 24.0 Å². The summed E-state index contributed by atoms with van der Waals surface area (Å²) in [4.78, 5) is 65.1. The molecule has 1 saturated heterocycles. The van der Waals surface area contributed by atoms with Crippen LogP contribution in [0.4, 0.5) is 0 Å². The lowest BCUT2D eigenvalue weighted by Gasteiger charge is -2.43. The average molecular weight is 584 g/mol. The molecule has 0 amide bonds. The molecule has 42 heavy (non-hydrogen) atoms. The van der Waals surface area contributed by atoms with E-state index in [0.717, 1.165) is 20.8 Å². The average Bonchev–Trinajstić information content (AvgIpc) is 2.90. The second kappa shape index (κ2) is 12.8. The molecule has 0 bridgehead atoms. The van der Waals surface area contributed by atoms with E-state index >= 15 is 0 Å². The Kier molecular flexibility index (Phi) is 9.21. The molecular weight excluding hydrogens is 554 g/mol. The maximum Gasteiger partial charge on any atom is 0.303 e. The van der Waals surface area contributed by atoms with Gasteiger partial charge in [-0.15, -0.1) is 0 Å². The third-order valence-electron chi connectivity index (χ3n) is 6.16. The summed E-state index contributed by atoms with van der Waals surface area (Å²) in [6.45, 7) is 5.78. The molecule has 0 N–H and O–H groups in total. The molecule has 0 aliphatic carbocycles. The minimum atomic E-state index is -1.44. The van der Waals surface area contributed by atoms with Gasteiger partial charge < -0.3 is 32.8 Å². The Hall–Kier alpha value is -4.78. The van der Waals surface area contributed by atoms with Crippen LogP contribution in [0.15, 0.2) is 51.8 Å². The third-order valence-corrected chi connectivity index (χ3v) is 6.16. The molecule has 0 saturated carbocycles. The lowest BCUT2D eigenvalue weighted by Crippen LogP contribution is -2.63. The number of aromatic nitrogens is 1. The van der Waals surface area contributed by atoms with Gasteiger partial charge >= 0.3 is 23.9 Å². The van der Waals surface area contributed by atoms with Gasteiger partial charge in [-0.25, -0.2) is 0 Å². The molecule has 3 heterocycles. The summed E-state index contributed by atoms with van der Waals surface area (Å²) in [6, 6.07) is 9.61. The van der Waals surface area contributed by atoms with Crippen LogP contribution < -0.4 is 10.2 Å². The SMILES string of the molecule is CC(=O)OC[C@@H]1O[C@@H](Oc2ccc3c(=O)c(-c4ccccn4)c(C)oc3c2)[C@H](OC(C)=O)[C@H](OC(C)=O)[C@@H]1OC(C)=O. The fourth-order valence-electron chi connectivity index (χ4n) is 4.58. The smallest absolute Gasteiger partial charge is 0.303 e. The Morgan fingerprint density at radius 1 is 0.857 bits per heavy atom. The van der Waals surface area contributed by atoms with Crippen LogP contribution in [-0.4, -0.2) is 66.2 Å². The number of benzene rings is 1. The fourth-order valence-corrected chi connectivity index (χ4v) is 4.58. The van der Waals surface area contributed by atoms with Crippen LogP contribution in [0.25, 0.3) is 22.2 Å². The number of esters is 4. The zero-order chi connectivity index (χ0) is 30.6. The highest BCUT2D eigenvalue weighted by molar-refractivity contribution is 5.83. The quantitative estimate of drug-likeness (QED) is 0.281. The van der Waals surface area contributed by atoms with Gasteiger partial charge in [0.25, 0.3) is 0 Å². The van der Waals surface area contributed by atoms with Gasteiger partial charge in [0.05, 0.1) is 16.6 Å². The van der Waals surface area contributed by atoms with E-state index in [1.54, 1.807) is 31.3 Å². The summed E-state index contributed by atoms with van der Waals surface area (Å²) in [5, 5.41) is 0.259. The number of carbonyl (C=O) groups is 4. The molecule has 0 unspecified atom stereocenters. The van der Waals surface area contributed by atoms with Crippen molar-refractivity contribution in [2.75, 3.05) is 6.61 Å². The molecule has 0 spiro atoms. The zero-order valence-corrected chi connectivity index (χ0v) is 23.5. The lowest BCUT2D eigenvalue weighted by molar-refractivity contribution is -0.288. The van der Waals surface area contributed by atoms with Crippen molar-refractivity contribution >= 4 is 34.8 Å². The van der Waals surface area contributed by atoms with Crippen LogP contribution >= 0.6 is 0 Å². The molecule has 0 radical (unpaired) electrons. The molecule has 1 aliphatic heterocycles. The van der Waals surface area contributed by atoms with Crippen LogP contribution in [0.1, 0.15) is 33.5 Å². The molecular formula is C29H29NO12. The van der Waals surface area contributed by atoms with Gasteiger partial charge in [-0.3, -0.25) is 29.0 Å². The molecule has 2 aromatic heterocycles. The summed E-state index contributed by atoms with van der Waals surface area (Å²) >= 11 is 0. The number of hydrogen-bond acceptors (Lipinski definition) is 13. The largest absolute Gasteiger partial charge is 0.463 e. The van der Waals surface area contributed by atoms with E-state index in [4.69, 9.17) is 32.8 Å². The molecule has 1 fully saturated rings.